The topological polar surface area (TPSA) is 100 Å². The van der Waals surface area contributed by atoms with Gasteiger partial charge in [0, 0.05) is 36.6 Å². The van der Waals surface area contributed by atoms with Gasteiger partial charge >= 0.3 is 6.03 Å². The lowest BCUT2D eigenvalue weighted by Gasteiger charge is -2.05. The zero-order chi connectivity index (χ0) is 14.4. The number of aryl methyl sites for hydroxylation is 1. The lowest BCUT2D eigenvalue weighted by atomic mass is 10.1. The second kappa shape index (κ2) is 6.60. The molecule has 1 aromatic carbocycles. The number of para-hydroxylation sites is 1. The third kappa shape index (κ3) is 3.74. The molecule has 0 bridgehead atoms. The van der Waals surface area contributed by atoms with Crippen LogP contribution in [0.25, 0.3) is 10.9 Å². The molecule has 0 unspecified atom stereocenters. The van der Waals surface area contributed by atoms with E-state index < -0.39 is 6.03 Å². The van der Waals surface area contributed by atoms with E-state index in [1.165, 1.54) is 0 Å². The molecule has 2 rings (SSSR count). The highest BCUT2D eigenvalue weighted by Crippen LogP contribution is 2.18. The van der Waals surface area contributed by atoms with Crippen molar-refractivity contribution in [3.8, 4) is 0 Å². The highest BCUT2D eigenvalue weighted by atomic mass is 16.2. The molecule has 0 atom stereocenters. The van der Waals surface area contributed by atoms with Crippen molar-refractivity contribution in [2.24, 2.45) is 5.73 Å². The summed E-state index contributed by atoms with van der Waals surface area (Å²) in [5.41, 5.74) is 7.13. The SMILES string of the molecule is NC(=O)NCCNC(=O)CCc1c[nH]c2ccccc12. The number of amides is 3. The fraction of sp³-hybridized carbons (Fsp3) is 0.286. The molecule has 0 saturated carbocycles. The van der Waals surface area contributed by atoms with Crippen LogP contribution in [0.15, 0.2) is 30.5 Å². The maximum atomic E-state index is 11.7. The molecule has 1 aromatic heterocycles. The summed E-state index contributed by atoms with van der Waals surface area (Å²) in [7, 11) is 0. The Morgan fingerprint density at radius 1 is 1.15 bits per heavy atom. The van der Waals surface area contributed by atoms with E-state index in [9.17, 15) is 9.59 Å². The molecule has 2 aromatic rings. The molecule has 6 nitrogen and oxygen atoms in total. The summed E-state index contributed by atoms with van der Waals surface area (Å²) in [6.07, 6.45) is 3.03. The maximum Gasteiger partial charge on any atom is 0.312 e. The van der Waals surface area contributed by atoms with Gasteiger partial charge in [0.2, 0.25) is 5.91 Å². The molecular formula is C14H18N4O2. The van der Waals surface area contributed by atoms with Gasteiger partial charge in [-0.05, 0) is 18.1 Å². The van der Waals surface area contributed by atoms with Crippen molar-refractivity contribution in [1.29, 1.82) is 0 Å². The number of aromatic amines is 1. The smallest absolute Gasteiger partial charge is 0.312 e. The largest absolute Gasteiger partial charge is 0.361 e. The van der Waals surface area contributed by atoms with E-state index in [4.69, 9.17) is 5.73 Å². The molecule has 106 valence electrons. The number of carbonyl (C=O) groups excluding carboxylic acids is 2. The van der Waals surface area contributed by atoms with Gasteiger partial charge in [0.1, 0.15) is 0 Å². The second-order valence-corrected chi connectivity index (χ2v) is 4.50. The zero-order valence-electron chi connectivity index (χ0n) is 11.1. The molecule has 0 fully saturated rings. The minimum Gasteiger partial charge on any atom is -0.361 e. The molecular weight excluding hydrogens is 256 g/mol. The summed E-state index contributed by atoms with van der Waals surface area (Å²) in [6, 6.07) is 7.42. The normalized spacial score (nSPS) is 10.4. The molecule has 6 heteroatoms. The van der Waals surface area contributed by atoms with Crippen molar-refractivity contribution in [3.05, 3.63) is 36.0 Å². The molecule has 5 N–H and O–H groups in total. The van der Waals surface area contributed by atoms with Crippen LogP contribution in [0.2, 0.25) is 0 Å². The number of benzene rings is 1. The summed E-state index contributed by atoms with van der Waals surface area (Å²) in [5, 5.41) is 6.29. The number of urea groups is 1. The van der Waals surface area contributed by atoms with Crippen molar-refractivity contribution < 1.29 is 9.59 Å². The number of carbonyl (C=O) groups is 2. The van der Waals surface area contributed by atoms with Crippen molar-refractivity contribution in [2.45, 2.75) is 12.8 Å². The number of hydrogen-bond acceptors (Lipinski definition) is 2. The van der Waals surface area contributed by atoms with Crippen LogP contribution in [0.1, 0.15) is 12.0 Å². The van der Waals surface area contributed by atoms with Gasteiger partial charge in [0.15, 0.2) is 0 Å². The van der Waals surface area contributed by atoms with Gasteiger partial charge in [0.25, 0.3) is 0 Å². The second-order valence-electron chi connectivity index (χ2n) is 4.50. The van der Waals surface area contributed by atoms with Gasteiger partial charge in [-0.1, -0.05) is 18.2 Å². The van der Waals surface area contributed by atoms with Gasteiger partial charge in [-0.25, -0.2) is 4.79 Å². The number of fused-ring (bicyclic) bond motifs is 1. The van der Waals surface area contributed by atoms with E-state index in [1.807, 2.05) is 30.5 Å². The van der Waals surface area contributed by atoms with Crippen LogP contribution in [-0.2, 0) is 11.2 Å². The van der Waals surface area contributed by atoms with E-state index in [0.29, 0.717) is 25.9 Å². The van der Waals surface area contributed by atoms with Crippen LogP contribution >= 0.6 is 0 Å². The first-order valence-corrected chi connectivity index (χ1v) is 6.52. The Bertz CT molecular complexity index is 606. The molecule has 0 aliphatic rings. The van der Waals surface area contributed by atoms with Crippen molar-refractivity contribution >= 4 is 22.8 Å². The first kappa shape index (κ1) is 13.9. The summed E-state index contributed by atoms with van der Waals surface area (Å²) < 4.78 is 0. The third-order valence-corrected chi connectivity index (χ3v) is 3.04. The molecule has 0 aliphatic carbocycles. The number of H-pyrrole nitrogens is 1. The Kier molecular flexibility index (Phi) is 4.60. The molecule has 0 aliphatic heterocycles. The average Bonchev–Trinajstić information content (AvgIpc) is 2.84. The van der Waals surface area contributed by atoms with E-state index in [-0.39, 0.29) is 5.91 Å². The fourth-order valence-electron chi connectivity index (χ4n) is 2.06. The van der Waals surface area contributed by atoms with Crippen molar-refractivity contribution in [2.75, 3.05) is 13.1 Å². The van der Waals surface area contributed by atoms with Crippen LogP contribution in [0.5, 0.6) is 0 Å². The first-order chi connectivity index (χ1) is 9.66. The summed E-state index contributed by atoms with van der Waals surface area (Å²) in [5.74, 6) is -0.0402. The standard InChI is InChI=1S/C14H18N4O2/c15-14(20)17-8-7-16-13(19)6-5-10-9-18-12-4-2-1-3-11(10)12/h1-4,9,18H,5-8H2,(H,16,19)(H3,15,17,20). The van der Waals surface area contributed by atoms with Crippen LogP contribution in [-0.4, -0.2) is 30.0 Å². The third-order valence-electron chi connectivity index (χ3n) is 3.04. The lowest BCUT2D eigenvalue weighted by Crippen LogP contribution is -2.37. The Morgan fingerprint density at radius 3 is 2.70 bits per heavy atom. The van der Waals surface area contributed by atoms with Crippen LogP contribution < -0.4 is 16.4 Å². The fourth-order valence-corrected chi connectivity index (χ4v) is 2.06. The number of rotatable bonds is 6. The molecule has 0 radical (unpaired) electrons. The number of nitrogens with one attached hydrogen (secondary N) is 3. The quantitative estimate of drug-likeness (QED) is 0.588. The van der Waals surface area contributed by atoms with E-state index in [0.717, 1.165) is 16.5 Å². The number of hydrogen-bond donors (Lipinski definition) is 4. The van der Waals surface area contributed by atoms with E-state index in [1.54, 1.807) is 0 Å². The summed E-state index contributed by atoms with van der Waals surface area (Å²) >= 11 is 0. The first-order valence-electron chi connectivity index (χ1n) is 6.52. The highest BCUT2D eigenvalue weighted by Gasteiger charge is 2.06. The van der Waals surface area contributed by atoms with Gasteiger partial charge < -0.3 is 21.4 Å². The number of nitrogens with two attached hydrogens (primary N) is 1. The zero-order valence-corrected chi connectivity index (χ0v) is 11.1. The predicted molar refractivity (Wildman–Crippen MR) is 77.2 cm³/mol. The van der Waals surface area contributed by atoms with Gasteiger partial charge in [-0.2, -0.15) is 0 Å². The van der Waals surface area contributed by atoms with Crippen molar-refractivity contribution in [3.63, 3.8) is 0 Å². The van der Waals surface area contributed by atoms with Crippen LogP contribution in [0.4, 0.5) is 4.79 Å². The lowest BCUT2D eigenvalue weighted by molar-refractivity contribution is -0.121. The van der Waals surface area contributed by atoms with Crippen molar-refractivity contribution in [1.82, 2.24) is 15.6 Å². The molecule has 0 saturated heterocycles. The molecule has 1 heterocycles. The van der Waals surface area contributed by atoms with Crippen LogP contribution in [0, 0.1) is 0 Å². The van der Waals surface area contributed by atoms with E-state index in [2.05, 4.69) is 15.6 Å². The minimum atomic E-state index is -0.585. The van der Waals surface area contributed by atoms with Gasteiger partial charge in [-0.3, -0.25) is 4.79 Å². The Labute approximate surface area is 116 Å². The summed E-state index contributed by atoms with van der Waals surface area (Å²) in [6.45, 7) is 0.726. The molecule has 20 heavy (non-hydrogen) atoms. The molecule has 0 spiro atoms. The van der Waals surface area contributed by atoms with Crippen LogP contribution in [0.3, 0.4) is 0 Å². The highest BCUT2D eigenvalue weighted by molar-refractivity contribution is 5.84. The van der Waals surface area contributed by atoms with Gasteiger partial charge in [0.05, 0.1) is 0 Å². The Balaban J connectivity index is 1.77. The Hall–Kier alpha value is -2.50. The maximum absolute atomic E-state index is 11.7. The van der Waals surface area contributed by atoms with E-state index >= 15 is 0 Å². The minimum absolute atomic E-state index is 0.0402. The molecule has 3 amide bonds. The van der Waals surface area contributed by atoms with Gasteiger partial charge in [-0.15, -0.1) is 0 Å². The average molecular weight is 274 g/mol. The number of primary amides is 1. The Morgan fingerprint density at radius 2 is 1.90 bits per heavy atom. The predicted octanol–water partition coefficient (Wildman–Crippen LogP) is 0.885. The number of aromatic nitrogens is 1. The monoisotopic (exact) mass is 274 g/mol. The summed E-state index contributed by atoms with van der Waals surface area (Å²) in [4.78, 5) is 25.3.